The molecule has 0 fully saturated rings. The molecule has 0 aliphatic heterocycles. The molecule has 0 aromatic carbocycles. The molecule has 1 amide bonds. The van der Waals surface area contributed by atoms with Crippen molar-refractivity contribution in [1.82, 2.24) is 20.1 Å². The molecular weight excluding hydrogens is 299 g/mol. The van der Waals surface area contributed by atoms with Gasteiger partial charge in [-0.1, -0.05) is 0 Å². The van der Waals surface area contributed by atoms with Crippen molar-refractivity contribution in [3.05, 3.63) is 24.5 Å². The second kappa shape index (κ2) is 8.30. The van der Waals surface area contributed by atoms with E-state index in [0.29, 0.717) is 23.9 Å². The van der Waals surface area contributed by atoms with Gasteiger partial charge in [0.05, 0.1) is 6.54 Å². The lowest BCUT2D eigenvalue weighted by Crippen LogP contribution is -2.46. The second-order valence-electron chi connectivity index (χ2n) is 4.64. The molecule has 2 N–H and O–H groups in total. The zero-order valence-corrected chi connectivity index (χ0v) is 12.5. The molecule has 6 nitrogen and oxygen atoms in total. The van der Waals surface area contributed by atoms with Crippen molar-refractivity contribution < 1.29 is 18.0 Å². The van der Waals surface area contributed by atoms with Crippen LogP contribution in [0.5, 0.6) is 0 Å². The highest BCUT2D eigenvalue weighted by Gasteiger charge is 2.31. The van der Waals surface area contributed by atoms with Gasteiger partial charge in [-0.15, -0.1) is 0 Å². The summed E-state index contributed by atoms with van der Waals surface area (Å²) < 4.78 is 38.5. The van der Waals surface area contributed by atoms with Crippen molar-refractivity contribution in [3.8, 4) is 0 Å². The van der Waals surface area contributed by atoms with Crippen molar-refractivity contribution in [1.29, 1.82) is 0 Å². The number of rotatable bonds is 6. The number of hydrogen-bond acceptors (Lipinski definition) is 2. The third-order valence-electron chi connectivity index (χ3n) is 2.80. The molecule has 0 unspecified atom stereocenters. The van der Waals surface area contributed by atoms with Gasteiger partial charge in [0.15, 0.2) is 5.96 Å². The van der Waals surface area contributed by atoms with Crippen LogP contribution in [0.25, 0.3) is 0 Å². The number of likely N-dealkylation sites (N-methyl/N-ethyl adjacent to an activating group) is 1. The van der Waals surface area contributed by atoms with Gasteiger partial charge < -0.3 is 20.1 Å². The van der Waals surface area contributed by atoms with Crippen LogP contribution in [0.15, 0.2) is 29.5 Å². The smallest absolute Gasteiger partial charge is 0.355 e. The van der Waals surface area contributed by atoms with E-state index < -0.39 is 18.6 Å². The Labute approximate surface area is 127 Å². The average molecular weight is 319 g/mol. The van der Waals surface area contributed by atoms with E-state index in [9.17, 15) is 18.0 Å². The maximum absolute atomic E-state index is 12.2. The van der Waals surface area contributed by atoms with Crippen LogP contribution in [0, 0.1) is 0 Å². The van der Waals surface area contributed by atoms with Gasteiger partial charge in [-0.2, -0.15) is 13.2 Å². The quantitative estimate of drug-likeness (QED) is 0.599. The molecule has 0 aliphatic carbocycles. The lowest BCUT2D eigenvalue weighted by molar-refractivity contribution is -0.157. The molecule has 9 heteroatoms. The maximum Gasteiger partial charge on any atom is 0.406 e. The maximum atomic E-state index is 12.2. The van der Waals surface area contributed by atoms with Gasteiger partial charge in [0.1, 0.15) is 6.54 Å². The minimum atomic E-state index is -4.40. The van der Waals surface area contributed by atoms with E-state index in [1.807, 2.05) is 29.1 Å². The van der Waals surface area contributed by atoms with E-state index in [4.69, 9.17) is 0 Å². The average Bonchev–Trinajstić information content (AvgIpc) is 2.93. The van der Waals surface area contributed by atoms with E-state index in [1.165, 1.54) is 7.05 Å². The minimum Gasteiger partial charge on any atom is -0.355 e. The highest BCUT2D eigenvalue weighted by Crippen LogP contribution is 2.15. The summed E-state index contributed by atoms with van der Waals surface area (Å²) in [5, 5.41) is 5.66. The van der Waals surface area contributed by atoms with E-state index in [-0.39, 0.29) is 6.54 Å². The van der Waals surface area contributed by atoms with Gasteiger partial charge in [-0.05, 0) is 12.1 Å². The highest BCUT2D eigenvalue weighted by molar-refractivity contribution is 5.86. The fourth-order valence-electron chi connectivity index (χ4n) is 1.69. The summed E-state index contributed by atoms with van der Waals surface area (Å²) in [4.78, 5) is 16.1. The van der Waals surface area contributed by atoms with Gasteiger partial charge in [-0.3, -0.25) is 9.79 Å². The van der Waals surface area contributed by atoms with Gasteiger partial charge in [0, 0.05) is 39.6 Å². The summed E-state index contributed by atoms with van der Waals surface area (Å²) in [7, 11) is 2.63. The zero-order valence-electron chi connectivity index (χ0n) is 12.5. The topological polar surface area (TPSA) is 61.7 Å². The van der Waals surface area contributed by atoms with Crippen LogP contribution >= 0.6 is 0 Å². The summed E-state index contributed by atoms with van der Waals surface area (Å²) >= 11 is 0. The Morgan fingerprint density at radius 3 is 2.45 bits per heavy atom. The number of alkyl halides is 3. The van der Waals surface area contributed by atoms with Gasteiger partial charge in [0.2, 0.25) is 5.91 Å². The minimum absolute atomic E-state index is 0.254. The summed E-state index contributed by atoms with van der Waals surface area (Å²) in [5.41, 5.74) is 0. The Morgan fingerprint density at radius 1 is 1.27 bits per heavy atom. The number of halogens is 3. The molecule has 1 aromatic rings. The van der Waals surface area contributed by atoms with Crippen molar-refractivity contribution in [2.45, 2.75) is 12.7 Å². The molecule has 0 saturated carbocycles. The number of guanidine groups is 1. The van der Waals surface area contributed by atoms with Crippen LogP contribution in [-0.4, -0.2) is 61.2 Å². The lowest BCUT2D eigenvalue weighted by atomic mass is 10.4. The molecule has 0 aliphatic rings. The summed E-state index contributed by atoms with van der Waals surface area (Å²) in [6.07, 6.45) is -0.581. The monoisotopic (exact) mass is 319 g/mol. The molecule has 0 saturated heterocycles. The Hall–Kier alpha value is -2.19. The largest absolute Gasteiger partial charge is 0.406 e. The predicted octanol–water partition coefficient (Wildman–Crippen LogP) is 0.674. The number of aromatic nitrogens is 1. The summed E-state index contributed by atoms with van der Waals surface area (Å²) in [5.74, 6) is -0.299. The second-order valence-corrected chi connectivity index (χ2v) is 4.64. The number of carbonyl (C=O) groups is 1. The third kappa shape index (κ3) is 7.00. The Kier molecular flexibility index (Phi) is 6.74. The number of nitrogens with one attached hydrogen (secondary N) is 2. The van der Waals surface area contributed by atoms with Crippen LogP contribution in [0.1, 0.15) is 0 Å². The lowest BCUT2D eigenvalue weighted by Gasteiger charge is -2.20. The first kappa shape index (κ1) is 17.9. The van der Waals surface area contributed by atoms with Crippen LogP contribution in [0.3, 0.4) is 0 Å². The number of amides is 1. The van der Waals surface area contributed by atoms with Crippen molar-refractivity contribution in [2.24, 2.45) is 4.99 Å². The fourth-order valence-corrected chi connectivity index (χ4v) is 1.69. The molecule has 1 rings (SSSR count). The first-order valence-corrected chi connectivity index (χ1v) is 6.68. The van der Waals surface area contributed by atoms with Gasteiger partial charge in [0.25, 0.3) is 0 Å². The summed E-state index contributed by atoms with van der Waals surface area (Å²) in [6, 6.07) is 3.81. The number of carbonyl (C=O) groups excluding carboxylic acids is 1. The van der Waals surface area contributed by atoms with Crippen LogP contribution in [-0.2, 0) is 11.3 Å². The van der Waals surface area contributed by atoms with E-state index >= 15 is 0 Å². The van der Waals surface area contributed by atoms with Crippen molar-refractivity contribution >= 4 is 11.9 Å². The number of nitrogens with zero attached hydrogens (tertiary/aromatic N) is 3. The van der Waals surface area contributed by atoms with Gasteiger partial charge >= 0.3 is 6.18 Å². The molecule has 124 valence electrons. The Balaban J connectivity index is 2.29. The molecular formula is C13H20F3N5O. The molecule has 1 heterocycles. The molecule has 0 atom stereocenters. The van der Waals surface area contributed by atoms with Crippen LogP contribution in [0.2, 0.25) is 0 Å². The van der Waals surface area contributed by atoms with Crippen molar-refractivity contribution in [3.63, 3.8) is 0 Å². The van der Waals surface area contributed by atoms with E-state index in [1.54, 1.807) is 0 Å². The molecule has 0 radical (unpaired) electrons. The van der Waals surface area contributed by atoms with E-state index in [2.05, 4.69) is 15.6 Å². The van der Waals surface area contributed by atoms with Crippen LogP contribution < -0.4 is 10.6 Å². The molecule has 1 aromatic heterocycles. The summed E-state index contributed by atoms with van der Waals surface area (Å²) in [6.45, 7) is -0.250. The molecule has 22 heavy (non-hydrogen) atoms. The van der Waals surface area contributed by atoms with E-state index in [0.717, 1.165) is 7.05 Å². The Bertz CT molecular complexity index is 484. The first-order valence-electron chi connectivity index (χ1n) is 6.68. The normalized spacial score (nSPS) is 12.1. The third-order valence-corrected chi connectivity index (χ3v) is 2.80. The first-order chi connectivity index (χ1) is 10.3. The number of aliphatic imine (C=N–C) groups is 1. The van der Waals surface area contributed by atoms with Crippen LogP contribution in [0.4, 0.5) is 13.2 Å². The predicted molar refractivity (Wildman–Crippen MR) is 77.5 cm³/mol. The zero-order chi connectivity index (χ0) is 16.6. The number of hydrogen-bond donors (Lipinski definition) is 2. The van der Waals surface area contributed by atoms with Crippen molar-refractivity contribution in [2.75, 3.05) is 33.7 Å². The molecule has 0 spiro atoms. The van der Waals surface area contributed by atoms with Gasteiger partial charge in [-0.25, -0.2) is 0 Å². The fraction of sp³-hybridized carbons (Fsp3) is 0.538. The SMILES string of the molecule is CN=C(NCCn1cccc1)NCC(=O)N(C)CC(F)(F)F. The molecule has 0 bridgehead atoms. The Morgan fingerprint density at radius 2 is 1.91 bits per heavy atom. The highest BCUT2D eigenvalue weighted by atomic mass is 19.4. The standard InChI is InChI=1S/C13H20F3N5O/c1-17-12(18-5-8-21-6-3-4-7-21)19-9-11(22)20(2)10-13(14,15)16/h3-4,6-7H,5,8-10H2,1-2H3,(H2,17,18,19).